The highest BCUT2D eigenvalue weighted by atomic mass is 79.9. The van der Waals surface area contributed by atoms with E-state index >= 15 is 0 Å². The van der Waals surface area contributed by atoms with Crippen LogP contribution >= 0.6 is 15.9 Å². The van der Waals surface area contributed by atoms with Crippen molar-refractivity contribution >= 4 is 26.0 Å². The fourth-order valence-electron chi connectivity index (χ4n) is 1.73. The van der Waals surface area contributed by atoms with Gasteiger partial charge in [0.1, 0.15) is 5.82 Å². The van der Waals surface area contributed by atoms with Crippen LogP contribution in [0.2, 0.25) is 0 Å². The molecule has 0 spiro atoms. The maximum absolute atomic E-state index is 13.4. The van der Waals surface area contributed by atoms with Crippen LogP contribution < -0.4 is 4.72 Å². The van der Waals surface area contributed by atoms with Gasteiger partial charge in [0.05, 0.1) is 15.7 Å². The topological polar surface area (TPSA) is 64.0 Å². The van der Waals surface area contributed by atoms with Crippen LogP contribution in [0, 0.1) is 5.82 Å². The number of nitrogens with one attached hydrogen (secondary N) is 1. The predicted octanol–water partition coefficient (Wildman–Crippen LogP) is 2.15. The molecule has 1 atom stereocenters. The Balaban J connectivity index is 2.12. The van der Waals surface area contributed by atoms with Gasteiger partial charge in [-0.2, -0.15) is 0 Å². The van der Waals surface area contributed by atoms with Crippen LogP contribution in [0.3, 0.4) is 0 Å². The van der Waals surface area contributed by atoms with Gasteiger partial charge in [0.2, 0.25) is 10.0 Å². The number of sulfonamides is 1. The zero-order valence-corrected chi connectivity index (χ0v) is 13.0. The highest BCUT2D eigenvalue weighted by molar-refractivity contribution is 9.10. The molecule has 0 radical (unpaired) electrons. The van der Waals surface area contributed by atoms with Crippen LogP contribution in [0.1, 0.15) is 6.92 Å². The van der Waals surface area contributed by atoms with E-state index in [0.29, 0.717) is 6.54 Å². The Morgan fingerprint density at radius 1 is 1.50 bits per heavy atom. The first-order chi connectivity index (χ1) is 9.38. The van der Waals surface area contributed by atoms with Crippen LogP contribution in [-0.2, 0) is 16.6 Å². The Morgan fingerprint density at radius 3 is 2.85 bits per heavy atom. The van der Waals surface area contributed by atoms with Crippen molar-refractivity contribution in [1.29, 1.82) is 0 Å². The van der Waals surface area contributed by atoms with E-state index in [-0.39, 0.29) is 15.4 Å². The number of rotatable bonds is 5. The number of imidazole rings is 1. The van der Waals surface area contributed by atoms with Crippen molar-refractivity contribution < 1.29 is 12.8 Å². The van der Waals surface area contributed by atoms with E-state index in [4.69, 9.17) is 0 Å². The summed E-state index contributed by atoms with van der Waals surface area (Å²) in [5.74, 6) is -0.616. The van der Waals surface area contributed by atoms with Crippen LogP contribution in [0.5, 0.6) is 0 Å². The Morgan fingerprint density at radius 2 is 2.25 bits per heavy atom. The number of halogens is 2. The molecule has 0 saturated carbocycles. The zero-order valence-electron chi connectivity index (χ0n) is 10.6. The Bertz CT molecular complexity index is 689. The monoisotopic (exact) mass is 361 g/mol. The van der Waals surface area contributed by atoms with Gasteiger partial charge < -0.3 is 4.57 Å². The number of hydrogen-bond acceptors (Lipinski definition) is 3. The minimum absolute atomic E-state index is 0.101. The van der Waals surface area contributed by atoms with E-state index < -0.39 is 15.8 Å². The molecule has 1 unspecified atom stereocenters. The summed E-state index contributed by atoms with van der Waals surface area (Å²) in [6, 6.07) is 3.35. The molecule has 0 fully saturated rings. The molecular weight excluding hydrogens is 349 g/mol. The molecule has 8 heteroatoms. The van der Waals surface area contributed by atoms with Gasteiger partial charge in [0.15, 0.2) is 0 Å². The molecule has 2 rings (SSSR count). The molecule has 5 nitrogen and oxygen atoms in total. The van der Waals surface area contributed by atoms with Crippen LogP contribution in [0.4, 0.5) is 4.39 Å². The number of nitrogens with zero attached hydrogens (tertiary/aromatic N) is 2. The maximum Gasteiger partial charge on any atom is 0.240 e. The second-order valence-electron chi connectivity index (χ2n) is 4.36. The average Bonchev–Trinajstić information content (AvgIpc) is 2.84. The fourth-order valence-corrected chi connectivity index (χ4v) is 3.22. The summed E-state index contributed by atoms with van der Waals surface area (Å²) >= 11 is 2.99. The van der Waals surface area contributed by atoms with Crippen molar-refractivity contribution in [1.82, 2.24) is 14.3 Å². The van der Waals surface area contributed by atoms with E-state index in [0.717, 1.165) is 6.07 Å². The van der Waals surface area contributed by atoms with Gasteiger partial charge in [-0.15, -0.1) is 0 Å². The van der Waals surface area contributed by atoms with E-state index in [9.17, 15) is 12.8 Å². The molecule has 1 N–H and O–H groups in total. The molecule has 0 amide bonds. The minimum Gasteiger partial charge on any atom is -0.336 e. The molecule has 0 aliphatic rings. The number of benzene rings is 1. The summed E-state index contributed by atoms with van der Waals surface area (Å²) in [5.41, 5.74) is 0. The van der Waals surface area contributed by atoms with Crippen LogP contribution in [0.15, 0.2) is 46.3 Å². The van der Waals surface area contributed by atoms with Crippen molar-refractivity contribution in [2.45, 2.75) is 24.4 Å². The molecule has 20 heavy (non-hydrogen) atoms. The summed E-state index contributed by atoms with van der Waals surface area (Å²) in [7, 11) is -3.75. The van der Waals surface area contributed by atoms with Gasteiger partial charge in [-0.05, 0) is 41.1 Å². The lowest BCUT2D eigenvalue weighted by atomic mass is 10.3. The van der Waals surface area contributed by atoms with E-state index in [1.807, 2.05) is 0 Å². The Labute approximate surface area is 125 Å². The first kappa shape index (κ1) is 15.1. The molecule has 1 heterocycles. The lowest BCUT2D eigenvalue weighted by molar-refractivity contribution is 0.519. The molecule has 0 aliphatic carbocycles. The fraction of sp³-hybridized carbons (Fsp3) is 0.250. The lowest BCUT2D eigenvalue weighted by Crippen LogP contribution is -2.35. The second kappa shape index (κ2) is 6.02. The van der Waals surface area contributed by atoms with Crippen molar-refractivity contribution in [2.24, 2.45) is 0 Å². The molecule has 1 aromatic heterocycles. The third kappa shape index (κ3) is 3.65. The molecule has 108 valence electrons. The third-order valence-corrected chi connectivity index (χ3v) is 4.83. The Kier molecular flexibility index (Phi) is 4.56. The van der Waals surface area contributed by atoms with E-state index in [1.54, 1.807) is 30.2 Å². The highest BCUT2D eigenvalue weighted by Gasteiger charge is 2.18. The van der Waals surface area contributed by atoms with Crippen molar-refractivity contribution in [2.75, 3.05) is 0 Å². The number of aromatic nitrogens is 2. The highest BCUT2D eigenvalue weighted by Crippen LogP contribution is 2.19. The van der Waals surface area contributed by atoms with Crippen molar-refractivity contribution in [3.63, 3.8) is 0 Å². The molecule has 1 aromatic carbocycles. The van der Waals surface area contributed by atoms with Gasteiger partial charge in [0.25, 0.3) is 0 Å². The molecular formula is C12H13BrFN3O2S. The second-order valence-corrected chi connectivity index (χ2v) is 6.93. The normalized spacial score (nSPS) is 13.3. The van der Waals surface area contributed by atoms with Gasteiger partial charge in [-0.3, -0.25) is 0 Å². The number of hydrogen-bond donors (Lipinski definition) is 1. The Hall–Kier alpha value is -1.25. The quantitative estimate of drug-likeness (QED) is 0.887. The minimum atomic E-state index is -3.75. The molecule has 0 bridgehead atoms. The summed E-state index contributed by atoms with van der Waals surface area (Å²) in [5, 5.41) is 0. The van der Waals surface area contributed by atoms with Gasteiger partial charge >= 0.3 is 0 Å². The molecule has 0 saturated heterocycles. The summed E-state index contributed by atoms with van der Waals surface area (Å²) in [4.78, 5) is 3.78. The summed E-state index contributed by atoms with van der Waals surface area (Å²) < 4.78 is 42.1. The lowest BCUT2D eigenvalue weighted by Gasteiger charge is -2.15. The third-order valence-electron chi connectivity index (χ3n) is 2.60. The van der Waals surface area contributed by atoms with E-state index in [2.05, 4.69) is 25.6 Å². The summed E-state index contributed by atoms with van der Waals surface area (Å²) in [6.07, 6.45) is 4.96. The smallest absolute Gasteiger partial charge is 0.240 e. The maximum atomic E-state index is 13.4. The zero-order chi connectivity index (χ0) is 14.8. The standard InChI is InChI=1S/C12H13BrFN3O2S/c1-9(7-17-5-4-15-8-17)16-20(18,19)10-2-3-11(13)12(14)6-10/h2-6,8-9,16H,7H2,1H3. The SMILES string of the molecule is CC(Cn1ccnc1)NS(=O)(=O)c1ccc(Br)c(F)c1. The van der Waals surface area contributed by atoms with E-state index in [1.165, 1.54) is 12.1 Å². The molecule has 2 aromatic rings. The van der Waals surface area contributed by atoms with Crippen molar-refractivity contribution in [3.05, 3.63) is 47.2 Å². The average molecular weight is 362 g/mol. The van der Waals surface area contributed by atoms with Crippen LogP contribution in [-0.4, -0.2) is 24.0 Å². The van der Waals surface area contributed by atoms with Gasteiger partial charge in [-0.1, -0.05) is 0 Å². The largest absolute Gasteiger partial charge is 0.336 e. The van der Waals surface area contributed by atoms with Gasteiger partial charge in [-0.25, -0.2) is 22.5 Å². The van der Waals surface area contributed by atoms with Crippen molar-refractivity contribution in [3.8, 4) is 0 Å². The molecule has 0 aliphatic heterocycles. The summed E-state index contributed by atoms with van der Waals surface area (Å²) in [6.45, 7) is 2.17. The first-order valence-electron chi connectivity index (χ1n) is 5.81. The van der Waals surface area contributed by atoms with Crippen LogP contribution in [0.25, 0.3) is 0 Å². The van der Waals surface area contributed by atoms with Gasteiger partial charge in [0, 0.05) is 25.0 Å². The first-order valence-corrected chi connectivity index (χ1v) is 8.09. The predicted molar refractivity (Wildman–Crippen MR) is 76.1 cm³/mol.